The van der Waals surface area contributed by atoms with Crippen molar-refractivity contribution in [2.24, 2.45) is 13.0 Å². The maximum Gasteiger partial charge on any atom is 0.227 e. The first-order valence-corrected chi connectivity index (χ1v) is 11.3. The van der Waals surface area contributed by atoms with Gasteiger partial charge in [-0.1, -0.05) is 47.6 Å². The van der Waals surface area contributed by atoms with Crippen molar-refractivity contribution in [3.8, 4) is 11.4 Å². The molecule has 6 nitrogen and oxygen atoms in total. The highest BCUT2D eigenvalue weighted by Crippen LogP contribution is 2.25. The Morgan fingerprint density at radius 1 is 1.16 bits per heavy atom. The lowest BCUT2D eigenvalue weighted by Gasteiger charge is -2.32. The number of para-hydroxylation sites is 1. The first-order valence-electron chi connectivity index (χ1n) is 11.3. The van der Waals surface area contributed by atoms with Crippen LogP contribution >= 0.6 is 0 Å². The van der Waals surface area contributed by atoms with E-state index in [1.165, 1.54) is 0 Å². The van der Waals surface area contributed by atoms with Crippen LogP contribution in [-0.2, 0) is 24.7 Å². The SMILES string of the molecule is Cc1ccccc1-c1noc(CC2CCCN(C(=O)Cc3cn(C)c4ccccc34)C2)n1. The summed E-state index contributed by atoms with van der Waals surface area (Å²) < 4.78 is 7.65. The van der Waals surface area contributed by atoms with Crippen molar-refractivity contribution in [2.75, 3.05) is 13.1 Å². The summed E-state index contributed by atoms with van der Waals surface area (Å²) in [6, 6.07) is 16.3. The fourth-order valence-electron chi connectivity index (χ4n) is 4.82. The van der Waals surface area contributed by atoms with Crippen molar-refractivity contribution in [3.63, 3.8) is 0 Å². The molecule has 32 heavy (non-hydrogen) atoms. The van der Waals surface area contributed by atoms with E-state index in [0.717, 1.165) is 53.5 Å². The first kappa shape index (κ1) is 20.5. The summed E-state index contributed by atoms with van der Waals surface area (Å²) in [5, 5.41) is 5.34. The molecular weight excluding hydrogens is 400 g/mol. The highest BCUT2D eigenvalue weighted by molar-refractivity contribution is 5.89. The van der Waals surface area contributed by atoms with Gasteiger partial charge in [-0.2, -0.15) is 4.98 Å². The van der Waals surface area contributed by atoms with Gasteiger partial charge in [0, 0.05) is 49.2 Å². The summed E-state index contributed by atoms with van der Waals surface area (Å²) in [6.07, 6.45) is 5.30. The topological polar surface area (TPSA) is 64.2 Å². The Hall–Kier alpha value is -3.41. The minimum Gasteiger partial charge on any atom is -0.350 e. The summed E-state index contributed by atoms with van der Waals surface area (Å²) in [7, 11) is 2.03. The van der Waals surface area contributed by atoms with Crippen LogP contribution in [0.15, 0.2) is 59.3 Å². The molecule has 0 spiro atoms. The van der Waals surface area contributed by atoms with Crippen LogP contribution in [-0.4, -0.2) is 38.6 Å². The number of piperidine rings is 1. The van der Waals surface area contributed by atoms with Crippen LogP contribution < -0.4 is 0 Å². The maximum absolute atomic E-state index is 13.1. The number of rotatable bonds is 5. The Balaban J connectivity index is 1.25. The number of nitrogens with zero attached hydrogens (tertiary/aromatic N) is 4. The second-order valence-corrected chi connectivity index (χ2v) is 8.84. The minimum absolute atomic E-state index is 0.192. The third-order valence-electron chi connectivity index (χ3n) is 6.51. The van der Waals surface area contributed by atoms with Gasteiger partial charge in [0.15, 0.2) is 0 Å². The van der Waals surface area contributed by atoms with E-state index in [2.05, 4.69) is 33.0 Å². The fraction of sp³-hybridized carbons (Fsp3) is 0.346. The van der Waals surface area contributed by atoms with E-state index in [-0.39, 0.29) is 5.91 Å². The molecule has 0 aliphatic carbocycles. The largest absolute Gasteiger partial charge is 0.350 e. The number of hydrogen-bond acceptors (Lipinski definition) is 4. The molecule has 1 aliphatic heterocycles. The molecule has 1 aliphatic rings. The summed E-state index contributed by atoms with van der Waals surface area (Å²) in [5.41, 5.74) is 4.38. The summed E-state index contributed by atoms with van der Waals surface area (Å²) >= 11 is 0. The molecule has 4 aromatic rings. The molecule has 1 fully saturated rings. The van der Waals surface area contributed by atoms with Crippen LogP contribution in [0.25, 0.3) is 22.3 Å². The Labute approximate surface area is 187 Å². The molecule has 2 aromatic carbocycles. The normalized spacial score (nSPS) is 16.6. The number of amides is 1. The highest BCUT2D eigenvalue weighted by Gasteiger charge is 2.26. The molecule has 5 rings (SSSR count). The predicted octanol–water partition coefficient (Wildman–Crippen LogP) is 4.56. The van der Waals surface area contributed by atoms with Crippen molar-refractivity contribution in [2.45, 2.75) is 32.6 Å². The van der Waals surface area contributed by atoms with Crippen molar-refractivity contribution >= 4 is 16.8 Å². The lowest BCUT2D eigenvalue weighted by Crippen LogP contribution is -2.41. The number of carbonyl (C=O) groups excluding carboxylic acids is 1. The zero-order valence-corrected chi connectivity index (χ0v) is 18.6. The van der Waals surface area contributed by atoms with E-state index in [0.29, 0.717) is 30.5 Å². The van der Waals surface area contributed by atoms with Crippen LogP contribution in [0.2, 0.25) is 0 Å². The third-order valence-corrected chi connectivity index (χ3v) is 6.51. The van der Waals surface area contributed by atoms with E-state index >= 15 is 0 Å². The zero-order valence-electron chi connectivity index (χ0n) is 18.6. The maximum atomic E-state index is 13.1. The van der Waals surface area contributed by atoms with Gasteiger partial charge in [-0.05, 0) is 42.9 Å². The van der Waals surface area contributed by atoms with Gasteiger partial charge in [0.05, 0.1) is 6.42 Å². The molecule has 2 aromatic heterocycles. The number of aromatic nitrogens is 3. The van der Waals surface area contributed by atoms with E-state index in [1.54, 1.807) is 0 Å². The van der Waals surface area contributed by atoms with Crippen LogP contribution in [0.1, 0.15) is 29.9 Å². The molecule has 0 radical (unpaired) electrons. The molecule has 1 saturated heterocycles. The van der Waals surface area contributed by atoms with Gasteiger partial charge in [0.25, 0.3) is 0 Å². The molecule has 0 bridgehead atoms. The molecule has 1 atom stereocenters. The van der Waals surface area contributed by atoms with Gasteiger partial charge >= 0.3 is 0 Å². The second kappa shape index (κ2) is 8.61. The van der Waals surface area contributed by atoms with Crippen molar-refractivity contribution in [1.29, 1.82) is 0 Å². The standard InChI is InChI=1S/C26H28N4O2/c1-18-8-3-4-10-21(18)26-27-24(32-28-26)14-19-9-7-13-30(16-19)25(31)15-20-17-29(2)23-12-6-5-11-22(20)23/h3-6,8,10-12,17,19H,7,9,13-16H2,1-2H3. The second-order valence-electron chi connectivity index (χ2n) is 8.84. The monoisotopic (exact) mass is 428 g/mol. The summed E-state index contributed by atoms with van der Waals surface area (Å²) in [4.78, 5) is 19.7. The molecule has 0 saturated carbocycles. The highest BCUT2D eigenvalue weighted by atomic mass is 16.5. The molecule has 6 heteroatoms. The lowest BCUT2D eigenvalue weighted by molar-refractivity contribution is -0.132. The van der Waals surface area contributed by atoms with Crippen LogP contribution in [0.4, 0.5) is 0 Å². The van der Waals surface area contributed by atoms with Crippen LogP contribution in [0, 0.1) is 12.8 Å². The molecule has 1 amide bonds. The lowest BCUT2D eigenvalue weighted by atomic mass is 9.94. The van der Waals surface area contributed by atoms with Gasteiger partial charge in [-0.25, -0.2) is 0 Å². The Morgan fingerprint density at radius 2 is 1.97 bits per heavy atom. The van der Waals surface area contributed by atoms with E-state index in [4.69, 9.17) is 4.52 Å². The number of aryl methyl sites for hydroxylation is 2. The van der Waals surface area contributed by atoms with Gasteiger partial charge in [-0.15, -0.1) is 0 Å². The first-order chi connectivity index (χ1) is 15.6. The molecular formula is C26H28N4O2. The van der Waals surface area contributed by atoms with Gasteiger partial charge in [-0.3, -0.25) is 4.79 Å². The Bertz CT molecular complexity index is 1260. The number of benzene rings is 2. The van der Waals surface area contributed by atoms with Gasteiger partial charge in [0.1, 0.15) is 0 Å². The molecule has 1 unspecified atom stereocenters. The predicted molar refractivity (Wildman–Crippen MR) is 124 cm³/mol. The number of likely N-dealkylation sites (tertiary alicyclic amines) is 1. The van der Waals surface area contributed by atoms with Gasteiger partial charge < -0.3 is 14.0 Å². The average Bonchev–Trinajstić information content (AvgIpc) is 3.39. The molecule has 0 N–H and O–H groups in total. The Morgan fingerprint density at radius 3 is 2.84 bits per heavy atom. The van der Waals surface area contributed by atoms with E-state index in [9.17, 15) is 4.79 Å². The van der Waals surface area contributed by atoms with Gasteiger partial charge in [0.2, 0.25) is 17.6 Å². The van der Waals surface area contributed by atoms with E-state index in [1.807, 2.05) is 55.3 Å². The van der Waals surface area contributed by atoms with Crippen LogP contribution in [0.5, 0.6) is 0 Å². The average molecular weight is 429 g/mol. The van der Waals surface area contributed by atoms with Crippen LogP contribution in [0.3, 0.4) is 0 Å². The summed E-state index contributed by atoms with van der Waals surface area (Å²) in [5.74, 6) is 1.82. The van der Waals surface area contributed by atoms with Crippen molar-refractivity contribution in [1.82, 2.24) is 19.6 Å². The Kier molecular flexibility index (Phi) is 5.52. The van der Waals surface area contributed by atoms with E-state index < -0.39 is 0 Å². The quantitative estimate of drug-likeness (QED) is 0.467. The third kappa shape index (κ3) is 4.05. The number of fused-ring (bicyclic) bond motifs is 1. The number of carbonyl (C=O) groups is 1. The van der Waals surface area contributed by atoms with Crippen molar-refractivity contribution < 1.29 is 9.32 Å². The fourth-order valence-corrected chi connectivity index (χ4v) is 4.82. The van der Waals surface area contributed by atoms with Crippen molar-refractivity contribution in [3.05, 3.63) is 71.7 Å². The smallest absolute Gasteiger partial charge is 0.227 e. The molecule has 3 heterocycles. The zero-order chi connectivity index (χ0) is 22.1. The molecule has 164 valence electrons. The minimum atomic E-state index is 0.192. The number of hydrogen-bond donors (Lipinski definition) is 0. The summed E-state index contributed by atoms with van der Waals surface area (Å²) in [6.45, 7) is 3.61.